The number of hydrogen-bond acceptors (Lipinski definition) is 13. The first-order chi connectivity index (χ1) is 27.6. The third-order valence-electron chi connectivity index (χ3n) is 11.7. The Morgan fingerprint density at radius 3 is 1.33 bits per heavy atom. The third-order valence-corrected chi connectivity index (χ3v) is 11.7. The van der Waals surface area contributed by atoms with Gasteiger partial charge < -0.3 is 54.7 Å². The van der Waals surface area contributed by atoms with Gasteiger partial charge in [0, 0.05) is 12.8 Å². The van der Waals surface area contributed by atoms with Gasteiger partial charge in [-0.1, -0.05) is 168 Å². The van der Waals surface area contributed by atoms with E-state index in [0.717, 1.165) is 51.4 Å². The first kappa shape index (κ1) is 51.9. The van der Waals surface area contributed by atoms with E-state index >= 15 is 0 Å². The minimum atomic E-state index is -2.67. The number of ether oxygens (including phenoxy) is 4. The molecule has 0 bridgehead atoms. The molecule has 13 heteroatoms. The SMILES string of the molecule is CCCCCCCCCCCCCCCC(=O)OC(C(=O)CCCCCCCCCCCCCCC)[C@@]1(O[C@H]2O[C@H](CO)[C@@H](O)[C@H](O)[C@H]2O)O[C@H](CO)[C@@H](O)[C@@H]1O. The Balaban J connectivity index is 2.04. The van der Waals surface area contributed by atoms with Gasteiger partial charge in [-0.15, -0.1) is 0 Å². The lowest BCUT2D eigenvalue weighted by Gasteiger charge is -2.45. The van der Waals surface area contributed by atoms with Crippen LogP contribution < -0.4 is 0 Å². The number of esters is 1. The fraction of sp³-hybridized carbons (Fsp3) is 0.955. The molecular formula is C44H82O13. The van der Waals surface area contributed by atoms with E-state index < -0.39 is 85.9 Å². The number of carbonyl (C=O) groups is 2. The summed E-state index contributed by atoms with van der Waals surface area (Å²) >= 11 is 0. The largest absolute Gasteiger partial charge is 0.448 e. The van der Waals surface area contributed by atoms with Crippen molar-refractivity contribution in [2.45, 2.75) is 255 Å². The predicted molar refractivity (Wildman–Crippen MR) is 217 cm³/mol. The molecule has 0 aromatic heterocycles. The van der Waals surface area contributed by atoms with Gasteiger partial charge >= 0.3 is 5.97 Å². The van der Waals surface area contributed by atoms with Gasteiger partial charge in [0.25, 0.3) is 0 Å². The Bertz CT molecular complexity index is 1030. The van der Waals surface area contributed by atoms with E-state index in [-0.39, 0.29) is 12.8 Å². The van der Waals surface area contributed by atoms with Gasteiger partial charge in [0.15, 0.2) is 12.1 Å². The van der Waals surface area contributed by atoms with Gasteiger partial charge in [-0.05, 0) is 12.8 Å². The van der Waals surface area contributed by atoms with Crippen LogP contribution >= 0.6 is 0 Å². The van der Waals surface area contributed by atoms with Crippen molar-refractivity contribution in [3.63, 3.8) is 0 Å². The third kappa shape index (κ3) is 18.5. The second-order valence-electron chi connectivity index (χ2n) is 16.6. The van der Waals surface area contributed by atoms with Crippen LogP contribution in [0.25, 0.3) is 0 Å². The number of carbonyl (C=O) groups excluding carboxylic acids is 2. The van der Waals surface area contributed by atoms with E-state index in [2.05, 4.69) is 13.8 Å². The minimum absolute atomic E-state index is 0.0293. The minimum Gasteiger partial charge on any atom is -0.448 e. The van der Waals surface area contributed by atoms with E-state index in [1.54, 1.807) is 0 Å². The van der Waals surface area contributed by atoms with Gasteiger partial charge in [-0.3, -0.25) is 9.59 Å². The molecule has 0 aliphatic carbocycles. The molecule has 0 aromatic carbocycles. The maximum Gasteiger partial charge on any atom is 0.306 e. The van der Waals surface area contributed by atoms with Crippen molar-refractivity contribution in [2.24, 2.45) is 0 Å². The van der Waals surface area contributed by atoms with E-state index in [1.165, 1.54) is 103 Å². The second kappa shape index (κ2) is 30.7. The summed E-state index contributed by atoms with van der Waals surface area (Å²) in [5.74, 6) is -4.08. The Kier molecular flexibility index (Phi) is 28.0. The highest BCUT2D eigenvalue weighted by Gasteiger charge is 2.65. The maximum absolute atomic E-state index is 14.0. The topological polar surface area (TPSA) is 213 Å². The summed E-state index contributed by atoms with van der Waals surface area (Å²) in [7, 11) is 0. The van der Waals surface area contributed by atoms with Crippen LogP contribution in [0.15, 0.2) is 0 Å². The van der Waals surface area contributed by atoms with Crippen LogP contribution in [0.3, 0.4) is 0 Å². The zero-order valence-corrected chi connectivity index (χ0v) is 35.5. The monoisotopic (exact) mass is 819 g/mol. The Labute approximate surface area is 343 Å². The quantitative estimate of drug-likeness (QED) is 0.0287. The van der Waals surface area contributed by atoms with E-state index in [0.29, 0.717) is 12.8 Å². The highest BCUT2D eigenvalue weighted by Crippen LogP contribution is 2.41. The average molecular weight is 819 g/mol. The van der Waals surface area contributed by atoms with Crippen LogP contribution in [0.2, 0.25) is 0 Å². The summed E-state index contributed by atoms with van der Waals surface area (Å²) in [6, 6.07) is 0. The predicted octanol–water partition coefficient (Wildman–Crippen LogP) is 6.06. The van der Waals surface area contributed by atoms with Crippen molar-refractivity contribution in [2.75, 3.05) is 13.2 Å². The van der Waals surface area contributed by atoms with Crippen molar-refractivity contribution in [3.8, 4) is 0 Å². The number of Topliss-reactive ketones (excluding diaryl/α,β-unsaturated/α-hetero) is 1. The molecule has 1 unspecified atom stereocenters. The van der Waals surface area contributed by atoms with Gasteiger partial charge in [-0.2, -0.15) is 0 Å². The van der Waals surface area contributed by atoms with Crippen molar-refractivity contribution >= 4 is 11.8 Å². The second-order valence-corrected chi connectivity index (χ2v) is 16.6. The van der Waals surface area contributed by atoms with Crippen LogP contribution in [0.1, 0.15) is 194 Å². The highest BCUT2D eigenvalue weighted by atomic mass is 16.8. The summed E-state index contributed by atoms with van der Waals surface area (Å²) in [5, 5.41) is 73.7. The molecule has 10 atom stereocenters. The van der Waals surface area contributed by atoms with E-state index in [9.17, 15) is 45.3 Å². The molecule has 13 nitrogen and oxygen atoms in total. The van der Waals surface area contributed by atoms with Crippen LogP contribution in [-0.2, 0) is 28.5 Å². The molecule has 0 amide bonds. The molecule has 2 rings (SSSR count). The summed E-state index contributed by atoms with van der Waals surface area (Å²) in [5.41, 5.74) is 0. The fourth-order valence-corrected chi connectivity index (χ4v) is 7.98. The van der Waals surface area contributed by atoms with Crippen molar-refractivity contribution in [1.82, 2.24) is 0 Å². The van der Waals surface area contributed by atoms with Crippen LogP contribution in [-0.4, -0.2) is 122 Å². The molecule has 0 spiro atoms. The van der Waals surface area contributed by atoms with Gasteiger partial charge in [0.1, 0.15) is 42.7 Å². The van der Waals surface area contributed by atoms with E-state index in [1.807, 2.05) is 0 Å². The fourth-order valence-electron chi connectivity index (χ4n) is 7.98. The lowest BCUT2D eigenvalue weighted by molar-refractivity contribution is -0.391. The molecule has 2 aliphatic rings. The molecule has 336 valence electrons. The molecule has 0 saturated carbocycles. The molecule has 7 N–H and O–H groups in total. The first-order valence-electron chi connectivity index (χ1n) is 22.9. The zero-order valence-electron chi connectivity index (χ0n) is 35.5. The number of unbranched alkanes of at least 4 members (excludes halogenated alkanes) is 24. The average Bonchev–Trinajstić information content (AvgIpc) is 3.45. The maximum atomic E-state index is 14.0. The Hall–Kier alpha value is -1.26. The summed E-state index contributed by atoms with van der Waals surface area (Å²) < 4.78 is 23.1. The van der Waals surface area contributed by atoms with Crippen LogP contribution in [0.4, 0.5) is 0 Å². The molecule has 2 aliphatic heterocycles. The van der Waals surface area contributed by atoms with Crippen LogP contribution in [0.5, 0.6) is 0 Å². The van der Waals surface area contributed by atoms with Gasteiger partial charge in [-0.25, -0.2) is 0 Å². The standard InChI is InChI=1S/C44H82O13/c1-3-5-7-9-11-13-15-17-19-21-23-25-27-29-33(47)42(55-36(48)30-28-26-24-22-20-18-16-14-12-10-8-6-4-2)44(41(53)38(50)35(32-46)56-44)57-43-40(52)39(51)37(49)34(31-45)54-43/h34-35,37-43,45-46,49-53H,3-32H2,1-2H3/t34-,35-,37-,38-,39+,40-,41+,42?,43-,44-/m1/s1. The Morgan fingerprint density at radius 1 is 0.526 bits per heavy atom. The first-order valence-corrected chi connectivity index (χ1v) is 22.9. The molecule has 2 fully saturated rings. The molecule has 0 aromatic rings. The number of aliphatic hydroxyl groups excluding tert-OH is 7. The number of rotatable bonds is 35. The summed E-state index contributed by atoms with van der Waals surface area (Å²) in [6.07, 6.45) is 12.6. The zero-order chi connectivity index (χ0) is 41.9. The van der Waals surface area contributed by atoms with Crippen LogP contribution in [0, 0.1) is 0 Å². The molecule has 2 heterocycles. The lowest BCUT2D eigenvalue weighted by Crippen LogP contribution is -2.65. The van der Waals surface area contributed by atoms with Gasteiger partial charge in [0.2, 0.25) is 11.9 Å². The molecule has 0 radical (unpaired) electrons. The van der Waals surface area contributed by atoms with Crippen molar-refractivity contribution < 1.29 is 64.3 Å². The summed E-state index contributed by atoms with van der Waals surface area (Å²) in [4.78, 5) is 27.4. The Morgan fingerprint density at radius 2 is 0.930 bits per heavy atom. The summed E-state index contributed by atoms with van der Waals surface area (Å²) in [6.45, 7) is 2.86. The molecular weight excluding hydrogens is 736 g/mol. The number of aliphatic hydroxyl groups is 7. The number of ketones is 1. The van der Waals surface area contributed by atoms with Gasteiger partial charge in [0.05, 0.1) is 13.2 Å². The highest BCUT2D eigenvalue weighted by molar-refractivity contribution is 5.87. The van der Waals surface area contributed by atoms with Crippen molar-refractivity contribution in [3.05, 3.63) is 0 Å². The van der Waals surface area contributed by atoms with Crippen molar-refractivity contribution in [1.29, 1.82) is 0 Å². The molecule has 57 heavy (non-hydrogen) atoms. The smallest absolute Gasteiger partial charge is 0.306 e. The normalized spacial score (nSPS) is 28.2. The lowest BCUT2D eigenvalue weighted by atomic mass is 9.93. The molecule has 2 saturated heterocycles. The number of hydrogen-bond donors (Lipinski definition) is 7. The van der Waals surface area contributed by atoms with E-state index in [4.69, 9.17) is 18.9 Å².